The Morgan fingerprint density at radius 3 is 2.42 bits per heavy atom. The van der Waals surface area contributed by atoms with Gasteiger partial charge in [-0.1, -0.05) is 23.8 Å². The average Bonchev–Trinajstić information content (AvgIpc) is 1.85. The fourth-order valence-electron chi connectivity index (χ4n) is 1.10. The van der Waals surface area contributed by atoms with E-state index in [4.69, 9.17) is 0 Å². The molecule has 70 valence electrons. The SMILES string of the molecule is C/C=C\[C@](C)(O)CCC=C(C)C. The minimum atomic E-state index is -0.638. The molecule has 0 aromatic heterocycles. The molecule has 0 saturated heterocycles. The van der Waals surface area contributed by atoms with Crippen molar-refractivity contribution in [1.82, 2.24) is 0 Å². The van der Waals surface area contributed by atoms with Crippen molar-refractivity contribution in [2.24, 2.45) is 0 Å². The number of hydrogen-bond donors (Lipinski definition) is 1. The van der Waals surface area contributed by atoms with Gasteiger partial charge >= 0.3 is 0 Å². The summed E-state index contributed by atoms with van der Waals surface area (Å²) in [6, 6.07) is 0. The predicted octanol–water partition coefficient (Wildman–Crippen LogP) is 3.06. The number of allylic oxidation sites excluding steroid dienone is 3. The zero-order valence-corrected chi connectivity index (χ0v) is 8.59. The van der Waals surface area contributed by atoms with Gasteiger partial charge < -0.3 is 5.11 Å². The van der Waals surface area contributed by atoms with Crippen LogP contribution in [0.15, 0.2) is 23.8 Å². The lowest BCUT2D eigenvalue weighted by atomic mass is 9.99. The van der Waals surface area contributed by atoms with E-state index in [9.17, 15) is 5.11 Å². The second-order valence-corrected chi connectivity index (χ2v) is 3.68. The van der Waals surface area contributed by atoms with Crippen LogP contribution in [0.25, 0.3) is 0 Å². The molecule has 1 nitrogen and oxygen atoms in total. The van der Waals surface area contributed by atoms with E-state index < -0.39 is 5.60 Å². The van der Waals surface area contributed by atoms with Gasteiger partial charge in [0.05, 0.1) is 5.60 Å². The normalized spacial score (nSPS) is 16.1. The Balaban J connectivity index is 3.84. The summed E-state index contributed by atoms with van der Waals surface area (Å²) in [6.45, 7) is 7.91. The third-order valence-corrected chi connectivity index (χ3v) is 1.73. The zero-order chi connectivity index (χ0) is 9.61. The van der Waals surface area contributed by atoms with E-state index in [1.54, 1.807) is 0 Å². The van der Waals surface area contributed by atoms with Crippen LogP contribution in [0.2, 0.25) is 0 Å². The van der Waals surface area contributed by atoms with Crippen molar-refractivity contribution < 1.29 is 5.11 Å². The quantitative estimate of drug-likeness (QED) is 0.640. The highest BCUT2D eigenvalue weighted by atomic mass is 16.3. The summed E-state index contributed by atoms with van der Waals surface area (Å²) >= 11 is 0. The first-order chi connectivity index (χ1) is 5.48. The van der Waals surface area contributed by atoms with Gasteiger partial charge in [-0.2, -0.15) is 0 Å². The van der Waals surface area contributed by atoms with Crippen LogP contribution in [0, 0.1) is 0 Å². The molecule has 1 N–H and O–H groups in total. The van der Waals surface area contributed by atoms with Gasteiger partial charge in [-0.15, -0.1) is 0 Å². The lowest BCUT2D eigenvalue weighted by molar-refractivity contribution is 0.103. The Morgan fingerprint density at radius 2 is 2.00 bits per heavy atom. The molecule has 0 aliphatic rings. The summed E-state index contributed by atoms with van der Waals surface area (Å²) in [4.78, 5) is 0. The van der Waals surface area contributed by atoms with Crippen molar-refractivity contribution in [2.75, 3.05) is 0 Å². The van der Waals surface area contributed by atoms with E-state index in [0.29, 0.717) is 0 Å². The van der Waals surface area contributed by atoms with Gasteiger partial charge in [-0.05, 0) is 40.5 Å². The van der Waals surface area contributed by atoms with Crippen LogP contribution in [0.5, 0.6) is 0 Å². The highest BCUT2D eigenvalue weighted by Gasteiger charge is 2.13. The first-order valence-corrected chi connectivity index (χ1v) is 4.47. The third-order valence-electron chi connectivity index (χ3n) is 1.73. The second-order valence-electron chi connectivity index (χ2n) is 3.68. The molecule has 0 spiro atoms. The van der Waals surface area contributed by atoms with Crippen LogP contribution in [0.1, 0.15) is 40.5 Å². The van der Waals surface area contributed by atoms with Gasteiger partial charge in [-0.25, -0.2) is 0 Å². The van der Waals surface area contributed by atoms with Gasteiger partial charge in [0.15, 0.2) is 0 Å². The fourth-order valence-corrected chi connectivity index (χ4v) is 1.10. The highest BCUT2D eigenvalue weighted by molar-refractivity contribution is 5.00. The molecule has 0 rings (SSSR count). The molecule has 1 atom stereocenters. The number of rotatable bonds is 4. The van der Waals surface area contributed by atoms with Crippen LogP contribution in [0.4, 0.5) is 0 Å². The summed E-state index contributed by atoms with van der Waals surface area (Å²) in [7, 11) is 0. The fraction of sp³-hybridized carbons (Fsp3) is 0.636. The maximum absolute atomic E-state index is 9.71. The Bertz CT molecular complexity index is 171. The molecular formula is C11H20O. The minimum absolute atomic E-state index is 0.638. The van der Waals surface area contributed by atoms with E-state index in [1.165, 1.54) is 5.57 Å². The van der Waals surface area contributed by atoms with E-state index in [1.807, 2.05) is 26.0 Å². The maximum Gasteiger partial charge on any atom is 0.0802 e. The van der Waals surface area contributed by atoms with Crippen molar-refractivity contribution in [3.63, 3.8) is 0 Å². The van der Waals surface area contributed by atoms with Crippen LogP contribution in [-0.2, 0) is 0 Å². The van der Waals surface area contributed by atoms with E-state index in [-0.39, 0.29) is 0 Å². The second kappa shape index (κ2) is 5.15. The summed E-state index contributed by atoms with van der Waals surface area (Å²) in [5, 5.41) is 9.71. The maximum atomic E-state index is 9.71. The Labute approximate surface area is 75.8 Å². The van der Waals surface area contributed by atoms with Gasteiger partial charge in [0.1, 0.15) is 0 Å². The van der Waals surface area contributed by atoms with Crippen molar-refractivity contribution in [2.45, 2.75) is 46.1 Å². The molecule has 0 bridgehead atoms. The largest absolute Gasteiger partial charge is 0.386 e. The van der Waals surface area contributed by atoms with Crippen LogP contribution in [-0.4, -0.2) is 10.7 Å². The third kappa shape index (κ3) is 6.17. The summed E-state index contributed by atoms with van der Waals surface area (Å²) < 4.78 is 0. The lowest BCUT2D eigenvalue weighted by Crippen LogP contribution is -2.19. The average molecular weight is 168 g/mol. The molecule has 0 heterocycles. The highest BCUT2D eigenvalue weighted by Crippen LogP contribution is 2.14. The molecule has 0 aliphatic heterocycles. The van der Waals surface area contributed by atoms with Crippen LogP contribution in [0.3, 0.4) is 0 Å². The van der Waals surface area contributed by atoms with Crippen molar-refractivity contribution in [3.05, 3.63) is 23.8 Å². The predicted molar refractivity (Wildman–Crippen MR) is 54.1 cm³/mol. The molecular weight excluding hydrogens is 148 g/mol. The molecule has 0 radical (unpaired) electrons. The van der Waals surface area contributed by atoms with Crippen LogP contribution >= 0.6 is 0 Å². The molecule has 0 fully saturated rings. The number of hydrogen-bond acceptors (Lipinski definition) is 1. The van der Waals surface area contributed by atoms with Crippen LogP contribution < -0.4 is 0 Å². The molecule has 1 heteroatoms. The van der Waals surface area contributed by atoms with Gasteiger partial charge in [0.25, 0.3) is 0 Å². The number of aliphatic hydroxyl groups is 1. The van der Waals surface area contributed by atoms with Crippen molar-refractivity contribution in [1.29, 1.82) is 0 Å². The summed E-state index contributed by atoms with van der Waals surface area (Å²) in [5.41, 5.74) is 0.673. The Hall–Kier alpha value is -0.560. The van der Waals surface area contributed by atoms with Crippen molar-refractivity contribution in [3.8, 4) is 0 Å². The standard InChI is InChI=1S/C11H20O/c1-5-8-11(4,12)9-6-7-10(2)3/h5,7-8,12H,6,9H2,1-4H3/b8-5-/t11-/m0/s1. The van der Waals surface area contributed by atoms with Gasteiger partial charge in [-0.3, -0.25) is 0 Å². The first-order valence-electron chi connectivity index (χ1n) is 4.47. The van der Waals surface area contributed by atoms with E-state index in [0.717, 1.165) is 12.8 Å². The van der Waals surface area contributed by atoms with Gasteiger partial charge in [0, 0.05) is 0 Å². The Kier molecular flexibility index (Phi) is 4.91. The molecule has 0 amide bonds. The summed E-state index contributed by atoms with van der Waals surface area (Å²) in [5.74, 6) is 0. The van der Waals surface area contributed by atoms with Gasteiger partial charge in [0.2, 0.25) is 0 Å². The molecule has 0 aliphatic carbocycles. The zero-order valence-electron chi connectivity index (χ0n) is 8.59. The molecule has 12 heavy (non-hydrogen) atoms. The first kappa shape index (κ1) is 11.4. The Morgan fingerprint density at radius 1 is 1.42 bits per heavy atom. The minimum Gasteiger partial charge on any atom is -0.386 e. The lowest BCUT2D eigenvalue weighted by Gasteiger charge is -2.17. The molecule has 0 unspecified atom stereocenters. The molecule has 0 aromatic rings. The van der Waals surface area contributed by atoms with Crippen molar-refractivity contribution >= 4 is 0 Å². The summed E-state index contributed by atoms with van der Waals surface area (Å²) in [6.07, 6.45) is 7.62. The monoisotopic (exact) mass is 168 g/mol. The topological polar surface area (TPSA) is 20.2 Å². The van der Waals surface area contributed by atoms with E-state index in [2.05, 4.69) is 19.9 Å². The molecule has 0 saturated carbocycles. The smallest absolute Gasteiger partial charge is 0.0802 e. The molecule has 0 aromatic carbocycles. The van der Waals surface area contributed by atoms with E-state index >= 15 is 0 Å².